The molecule has 1 aromatic heterocycles. The Morgan fingerprint density at radius 1 is 1.60 bits per heavy atom. The van der Waals surface area contributed by atoms with Crippen LogP contribution in [0.5, 0.6) is 0 Å². The lowest BCUT2D eigenvalue weighted by Crippen LogP contribution is -2.36. The van der Waals surface area contributed by atoms with E-state index in [1.54, 1.807) is 6.20 Å². The summed E-state index contributed by atoms with van der Waals surface area (Å²) in [4.78, 5) is 9.60. The molecule has 0 atom stereocenters. The Hall–Kier alpha value is -0.830. The third kappa shape index (κ3) is 1.04. The maximum Gasteiger partial charge on any atom is 0.120 e. The van der Waals surface area contributed by atoms with E-state index in [-0.39, 0.29) is 0 Å². The van der Waals surface area contributed by atoms with Crippen molar-refractivity contribution in [2.75, 3.05) is 13.1 Å². The first-order chi connectivity index (χ1) is 4.95. The molecule has 0 amide bonds. The van der Waals surface area contributed by atoms with Gasteiger partial charge < -0.3 is 4.98 Å². The van der Waals surface area contributed by atoms with Crippen LogP contribution in [0.3, 0.4) is 0 Å². The van der Waals surface area contributed by atoms with Gasteiger partial charge in [0.1, 0.15) is 5.82 Å². The van der Waals surface area contributed by atoms with E-state index in [2.05, 4.69) is 14.9 Å². The molecule has 3 nitrogen and oxygen atoms in total. The molecule has 0 aromatic carbocycles. The number of imidazole rings is 1. The average Bonchev–Trinajstić information content (AvgIpc) is 2.29. The zero-order valence-corrected chi connectivity index (χ0v) is 5.88. The highest BCUT2D eigenvalue weighted by atomic mass is 15.2. The molecule has 0 aliphatic carbocycles. The third-order valence-electron chi connectivity index (χ3n) is 1.88. The van der Waals surface area contributed by atoms with Gasteiger partial charge in [-0.25, -0.2) is 4.98 Å². The number of aromatic nitrogens is 2. The van der Waals surface area contributed by atoms with Crippen molar-refractivity contribution in [2.24, 2.45) is 0 Å². The summed E-state index contributed by atoms with van der Waals surface area (Å²) in [6.07, 6.45) is 5.02. The number of nitrogens with one attached hydrogen (secondary N) is 1. The maximum atomic E-state index is 4.14. The Balaban J connectivity index is 1.90. The van der Waals surface area contributed by atoms with E-state index in [0.29, 0.717) is 0 Å². The second kappa shape index (κ2) is 2.42. The molecule has 1 fully saturated rings. The van der Waals surface area contributed by atoms with Gasteiger partial charge in [-0.2, -0.15) is 0 Å². The molecular weight excluding hydrogens is 126 g/mol. The monoisotopic (exact) mass is 137 g/mol. The zero-order valence-electron chi connectivity index (χ0n) is 5.88. The Kier molecular flexibility index (Phi) is 1.43. The first kappa shape index (κ1) is 5.92. The van der Waals surface area contributed by atoms with Crippen molar-refractivity contribution in [1.82, 2.24) is 14.9 Å². The Labute approximate surface area is 60.1 Å². The van der Waals surface area contributed by atoms with Crippen LogP contribution in [-0.2, 0) is 6.54 Å². The Bertz CT molecular complexity index is 189. The molecule has 2 heterocycles. The van der Waals surface area contributed by atoms with Crippen LogP contribution in [0.15, 0.2) is 12.4 Å². The van der Waals surface area contributed by atoms with Crippen molar-refractivity contribution in [3.05, 3.63) is 18.2 Å². The van der Waals surface area contributed by atoms with Crippen LogP contribution in [-0.4, -0.2) is 28.0 Å². The summed E-state index contributed by atoms with van der Waals surface area (Å²) in [6.45, 7) is 3.47. The smallest absolute Gasteiger partial charge is 0.120 e. The van der Waals surface area contributed by atoms with Gasteiger partial charge in [0.05, 0.1) is 6.54 Å². The zero-order chi connectivity index (χ0) is 6.81. The number of H-pyrrole nitrogens is 1. The van der Waals surface area contributed by atoms with E-state index in [1.807, 2.05) is 6.20 Å². The molecular formula is C7H11N3. The number of rotatable bonds is 2. The lowest BCUT2D eigenvalue weighted by atomic mass is 10.2. The first-order valence-electron chi connectivity index (χ1n) is 3.66. The van der Waals surface area contributed by atoms with Crippen LogP contribution in [0.25, 0.3) is 0 Å². The average molecular weight is 137 g/mol. The summed E-state index contributed by atoms with van der Waals surface area (Å²) < 4.78 is 0. The highest BCUT2D eigenvalue weighted by Gasteiger charge is 2.13. The fraction of sp³-hybridized carbons (Fsp3) is 0.571. The van der Waals surface area contributed by atoms with Crippen molar-refractivity contribution >= 4 is 0 Å². The van der Waals surface area contributed by atoms with Gasteiger partial charge in [-0.05, 0) is 19.5 Å². The fourth-order valence-electron chi connectivity index (χ4n) is 1.14. The molecule has 0 radical (unpaired) electrons. The minimum absolute atomic E-state index is 0.993. The van der Waals surface area contributed by atoms with E-state index in [4.69, 9.17) is 0 Å². The largest absolute Gasteiger partial charge is 0.348 e. The van der Waals surface area contributed by atoms with Gasteiger partial charge >= 0.3 is 0 Å². The summed E-state index contributed by atoms with van der Waals surface area (Å²) in [5, 5.41) is 0. The molecule has 0 saturated carbocycles. The minimum atomic E-state index is 0.993. The topological polar surface area (TPSA) is 31.9 Å². The van der Waals surface area contributed by atoms with Crippen LogP contribution < -0.4 is 0 Å². The highest BCUT2D eigenvalue weighted by Crippen LogP contribution is 2.08. The lowest BCUT2D eigenvalue weighted by Gasteiger charge is -2.29. The van der Waals surface area contributed by atoms with Crippen molar-refractivity contribution in [1.29, 1.82) is 0 Å². The summed E-state index contributed by atoms with van der Waals surface area (Å²) in [6, 6.07) is 0. The minimum Gasteiger partial charge on any atom is -0.348 e. The first-order valence-corrected chi connectivity index (χ1v) is 3.66. The normalized spacial score (nSPS) is 18.8. The molecule has 0 unspecified atom stereocenters. The van der Waals surface area contributed by atoms with Crippen molar-refractivity contribution in [3.63, 3.8) is 0 Å². The van der Waals surface area contributed by atoms with E-state index >= 15 is 0 Å². The van der Waals surface area contributed by atoms with Gasteiger partial charge in [0, 0.05) is 12.4 Å². The van der Waals surface area contributed by atoms with Gasteiger partial charge in [0.2, 0.25) is 0 Å². The molecule has 1 aliphatic heterocycles. The third-order valence-corrected chi connectivity index (χ3v) is 1.88. The number of likely N-dealkylation sites (tertiary alicyclic amines) is 1. The van der Waals surface area contributed by atoms with Crippen LogP contribution >= 0.6 is 0 Å². The van der Waals surface area contributed by atoms with Crippen LogP contribution in [0.1, 0.15) is 12.2 Å². The number of aromatic amines is 1. The molecule has 2 rings (SSSR count). The summed E-state index contributed by atoms with van der Waals surface area (Å²) in [5.74, 6) is 1.08. The quantitative estimate of drug-likeness (QED) is 0.647. The molecule has 0 spiro atoms. The molecule has 1 aromatic rings. The Morgan fingerprint density at radius 2 is 2.50 bits per heavy atom. The lowest BCUT2D eigenvalue weighted by molar-refractivity contribution is 0.168. The van der Waals surface area contributed by atoms with Gasteiger partial charge in [-0.1, -0.05) is 0 Å². The molecule has 0 bridgehead atoms. The highest BCUT2D eigenvalue weighted by molar-refractivity contribution is 4.88. The second-order valence-electron chi connectivity index (χ2n) is 2.67. The molecule has 10 heavy (non-hydrogen) atoms. The molecule has 1 aliphatic rings. The van der Waals surface area contributed by atoms with Gasteiger partial charge in [0.25, 0.3) is 0 Å². The SMILES string of the molecule is c1c[nH]c(CN2CCC2)n1. The number of nitrogens with zero attached hydrogens (tertiary/aromatic N) is 2. The van der Waals surface area contributed by atoms with Crippen LogP contribution in [0, 0.1) is 0 Å². The molecule has 1 N–H and O–H groups in total. The second-order valence-corrected chi connectivity index (χ2v) is 2.67. The number of hydrogen-bond donors (Lipinski definition) is 1. The van der Waals surface area contributed by atoms with E-state index in [1.165, 1.54) is 19.5 Å². The fourth-order valence-corrected chi connectivity index (χ4v) is 1.14. The van der Waals surface area contributed by atoms with E-state index < -0.39 is 0 Å². The van der Waals surface area contributed by atoms with Crippen molar-refractivity contribution in [3.8, 4) is 0 Å². The summed E-state index contributed by atoms with van der Waals surface area (Å²) >= 11 is 0. The van der Waals surface area contributed by atoms with Gasteiger partial charge in [-0.15, -0.1) is 0 Å². The van der Waals surface area contributed by atoms with Crippen molar-refractivity contribution < 1.29 is 0 Å². The maximum absolute atomic E-state index is 4.14. The van der Waals surface area contributed by atoms with Crippen LogP contribution in [0.4, 0.5) is 0 Å². The van der Waals surface area contributed by atoms with Gasteiger partial charge in [0.15, 0.2) is 0 Å². The predicted molar refractivity (Wildman–Crippen MR) is 38.5 cm³/mol. The standard InChI is InChI=1S/C7H11N3/c1-4-10(5-1)6-7-8-2-3-9-7/h2-3H,1,4-6H2,(H,8,9). The predicted octanol–water partition coefficient (Wildman–Crippen LogP) is 0.615. The van der Waals surface area contributed by atoms with E-state index in [9.17, 15) is 0 Å². The van der Waals surface area contributed by atoms with Crippen molar-refractivity contribution in [2.45, 2.75) is 13.0 Å². The molecule has 3 heteroatoms. The number of hydrogen-bond acceptors (Lipinski definition) is 2. The van der Waals surface area contributed by atoms with E-state index in [0.717, 1.165) is 12.4 Å². The molecule has 1 saturated heterocycles. The Morgan fingerprint density at radius 3 is 3.00 bits per heavy atom. The summed E-state index contributed by atoms with van der Waals surface area (Å²) in [5.41, 5.74) is 0. The van der Waals surface area contributed by atoms with Gasteiger partial charge in [-0.3, -0.25) is 4.90 Å². The van der Waals surface area contributed by atoms with Crippen LogP contribution in [0.2, 0.25) is 0 Å². The summed E-state index contributed by atoms with van der Waals surface area (Å²) in [7, 11) is 0. The molecule has 54 valence electrons.